The highest BCUT2D eigenvalue weighted by molar-refractivity contribution is 5.76. The van der Waals surface area contributed by atoms with Gasteiger partial charge in [0.1, 0.15) is 73.2 Å². The van der Waals surface area contributed by atoms with E-state index in [1.807, 2.05) is 6.08 Å². The molecule has 0 bridgehead atoms. The number of carbonyl (C=O) groups excluding carboxylic acids is 1. The molecule has 0 aliphatic carbocycles. The highest BCUT2D eigenvalue weighted by Crippen LogP contribution is 2.33. The van der Waals surface area contributed by atoms with Crippen LogP contribution in [0.25, 0.3) is 0 Å². The van der Waals surface area contributed by atoms with Gasteiger partial charge >= 0.3 is 0 Å². The quantitative estimate of drug-likeness (QED) is 0.0199. The van der Waals surface area contributed by atoms with Crippen LogP contribution >= 0.6 is 0 Å². The van der Waals surface area contributed by atoms with E-state index in [1.165, 1.54) is 135 Å². The molecule has 0 aromatic rings. The number of amides is 1. The SMILES string of the molecule is CC/C=C\C/C=C\C/C=C\C/C=C\CCCCCCCCCCCCCCCCCCCCCCCCCCC(=O)NC(COC1OC(CO)C(OC2OC(CO)C(OC3OC(CO)C(O)C(O)C3O)C(O)C2O)C(O)C1O)C(O)/C=C/CC/C=C/CCCC. The summed E-state index contributed by atoms with van der Waals surface area (Å²) in [6.07, 6.45) is 39.6. The van der Waals surface area contributed by atoms with Crippen molar-refractivity contribution in [1.82, 2.24) is 5.32 Å². The maximum atomic E-state index is 13.3. The minimum absolute atomic E-state index is 0.236. The molecular formula is C71H125NO18. The molecule has 3 aliphatic rings. The first-order chi connectivity index (χ1) is 43.8. The number of aliphatic hydroxyl groups is 11. The van der Waals surface area contributed by atoms with Crippen LogP contribution in [0.5, 0.6) is 0 Å². The zero-order valence-electron chi connectivity index (χ0n) is 55.1. The minimum atomic E-state index is -1.98. The van der Waals surface area contributed by atoms with Crippen LogP contribution in [0.15, 0.2) is 72.9 Å². The molecule has 0 aromatic carbocycles. The number of rotatable bonds is 53. The average molecular weight is 1280 g/mol. The number of hydrogen-bond donors (Lipinski definition) is 12. The summed E-state index contributed by atoms with van der Waals surface area (Å²) < 4.78 is 34.2. The molecule has 3 heterocycles. The topological polar surface area (TPSA) is 307 Å². The number of aliphatic hydroxyl groups excluding tert-OH is 11. The maximum Gasteiger partial charge on any atom is 0.220 e. The molecule has 3 saturated heterocycles. The Morgan fingerprint density at radius 1 is 0.411 bits per heavy atom. The Kier molecular flexibility index (Phi) is 47.5. The molecule has 90 heavy (non-hydrogen) atoms. The molecule has 12 N–H and O–H groups in total. The van der Waals surface area contributed by atoms with Gasteiger partial charge < -0.3 is 89.9 Å². The van der Waals surface area contributed by atoms with E-state index in [2.05, 4.69) is 79.9 Å². The van der Waals surface area contributed by atoms with Crippen molar-refractivity contribution in [2.45, 2.75) is 343 Å². The predicted molar refractivity (Wildman–Crippen MR) is 351 cm³/mol. The Hall–Kier alpha value is -2.77. The van der Waals surface area contributed by atoms with Crippen molar-refractivity contribution < 1.29 is 89.4 Å². The number of carbonyl (C=O) groups is 1. The van der Waals surface area contributed by atoms with Crippen molar-refractivity contribution in [2.75, 3.05) is 26.4 Å². The summed E-state index contributed by atoms with van der Waals surface area (Å²) in [6, 6.07) is -0.988. The zero-order chi connectivity index (χ0) is 65.4. The average Bonchev–Trinajstić information content (AvgIpc) is 0.847. The van der Waals surface area contributed by atoms with Gasteiger partial charge in [0.15, 0.2) is 18.9 Å². The molecular weight excluding hydrogens is 1150 g/mol. The Morgan fingerprint density at radius 2 is 0.778 bits per heavy atom. The first-order valence-corrected chi connectivity index (χ1v) is 35.2. The van der Waals surface area contributed by atoms with Gasteiger partial charge in [-0.1, -0.05) is 241 Å². The van der Waals surface area contributed by atoms with Crippen molar-refractivity contribution in [3.05, 3.63) is 72.9 Å². The van der Waals surface area contributed by atoms with Crippen molar-refractivity contribution in [3.63, 3.8) is 0 Å². The second-order valence-electron chi connectivity index (χ2n) is 25.0. The first kappa shape index (κ1) is 81.5. The molecule has 17 unspecified atom stereocenters. The summed E-state index contributed by atoms with van der Waals surface area (Å²) in [7, 11) is 0. The van der Waals surface area contributed by atoms with Gasteiger partial charge in [0.05, 0.1) is 38.6 Å². The van der Waals surface area contributed by atoms with E-state index in [4.69, 9.17) is 28.4 Å². The highest BCUT2D eigenvalue weighted by Gasteiger charge is 2.53. The van der Waals surface area contributed by atoms with Crippen molar-refractivity contribution in [2.24, 2.45) is 0 Å². The van der Waals surface area contributed by atoms with E-state index in [9.17, 15) is 61.0 Å². The van der Waals surface area contributed by atoms with Crippen LogP contribution in [0, 0.1) is 0 Å². The third-order valence-electron chi connectivity index (χ3n) is 17.2. The van der Waals surface area contributed by atoms with Crippen LogP contribution in [0.1, 0.15) is 239 Å². The summed E-state index contributed by atoms with van der Waals surface area (Å²) >= 11 is 0. The summed E-state index contributed by atoms with van der Waals surface area (Å²) in [4.78, 5) is 13.3. The van der Waals surface area contributed by atoms with Crippen molar-refractivity contribution >= 4 is 5.91 Å². The Morgan fingerprint density at radius 3 is 1.24 bits per heavy atom. The third kappa shape index (κ3) is 34.1. The molecule has 19 nitrogen and oxygen atoms in total. The second kappa shape index (κ2) is 52.5. The number of hydrogen-bond acceptors (Lipinski definition) is 18. The molecule has 3 fully saturated rings. The molecule has 17 atom stereocenters. The van der Waals surface area contributed by atoms with Gasteiger partial charge in [-0.15, -0.1) is 0 Å². The van der Waals surface area contributed by atoms with E-state index in [0.717, 1.165) is 70.6 Å². The molecule has 3 aliphatic heterocycles. The van der Waals surface area contributed by atoms with E-state index < -0.39 is 124 Å². The number of ether oxygens (including phenoxy) is 6. The van der Waals surface area contributed by atoms with Gasteiger partial charge in [-0.2, -0.15) is 0 Å². The van der Waals surface area contributed by atoms with Crippen molar-refractivity contribution in [3.8, 4) is 0 Å². The minimum Gasteiger partial charge on any atom is -0.394 e. The zero-order valence-corrected chi connectivity index (χ0v) is 55.1. The van der Waals surface area contributed by atoms with Gasteiger partial charge in [0, 0.05) is 6.42 Å². The summed E-state index contributed by atoms with van der Waals surface area (Å²) in [5.41, 5.74) is 0. The van der Waals surface area contributed by atoms with Crippen molar-refractivity contribution in [1.29, 1.82) is 0 Å². The predicted octanol–water partition coefficient (Wildman–Crippen LogP) is 9.33. The molecule has 0 spiro atoms. The smallest absolute Gasteiger partial charge is 0.220 e. The Balaban J connectivity index is 1.27. The molecule has 522 valence electrons. The lowest BCUT2D eigenvalue weighted by Gasteiger charge is -2.48. The van der Waals surface area contributed by atoms with Crippen LogP contribution < -0.4 is 5.32 Å². The summed E-state index contributed by atoms with van der Waals surface area (Å²) in [6.45, 7) is 1.51. The van der Waals surface area contributed by atoms with Gasteiger partial charge in [-0.3, -0.25) is 4.79 Å². The highest BCUT2D eigenvalue weighted by atomic mass is 16.8. The molecule has 3 rings (SSSR count). The second-order valence-corrected chi connectivity index (χ2v) is 25.0. The van der Waals surface area contributed by atoms with Crippen LogP contribution in [0.3, 0.4) is 0 Å². The lowest BCUT2D eigenvalue weighted by atomic mass is 9.96. The van der Waals surface area contributed by atoms with E-state index >= 15 is 0 Å². The Labute approximate surface area is 540 Å². The number of unbranched alkanes of at least 4 members (excludes halogenated alkanes) is 27. The lowest BCUT2D eigenvalue weighted by molar-refractivity contribution is -0.379. The van der Waals surface area contributed by atoms with Gasteiger partial charge in [0.2, 0.25) is 5.91 Å². The van der Waals surface area contributed by atoms with E-state index in [1.54, 1.807) is 6.08 Å². The molecule has 1 amide bonds. The summed E-state index contributed by atoms with van der Waals surface area (Å²) in [5.74, 6) is -0.288. The fourth-order valence-corrected chi connectivity index (χ4v) is 11.5. The first-order valence-electron chi connectivity index (χ1n) is 35.2. The largest absolute Gasteiger partial charge is 0.394 e. The lowest BCUT2D eigenvalue weighted by Crippen LogP contribution is -2.66. The van der Waals surface area contributed by atoms with E-state index in [0.29, 0.717) is 12.8 Å². The molecule has 0 saturated carbocycles. The standard InChI is InChI=1S/C71H125NO18/c1-3-5-7-9-11-13-14-15-16-17-18-19-20-21-22-23-24-25-26-27-28-29-30-31-32-33-34-35-36-37-38-39-40-41-43-45-47-49-59(77)72-54(55(76)48-46-44-42-12-10-8-6-4-2)53-85-69-65(83)62(80)67(57(51-74)87-69)90-71-66(84)63(81)68(58(52-75)88-71)89-70-64(82)61(79)60(78)56(50-73)86-70/h5,7,10-13,15-16,18-19,46,48,54-58,60-71,73-76,78-84H,3-4,6,8-9,14,17,20-45,47,49-53H2,1-2H3,(H,72,77)/b7-5-,12-10+,13-11-,16-15-,19-18-,48-46+. The number of allylic oxidation sites excluding steroid dienone is 11. The molecule has 0 radical (unpaired) electrons. The van der Waals surface area contributed by atoms with E-state index in [-0.39, 0.29) is 18.9 Å². The fourth-order valence-electron chi connectivity index (χ4n) is 11.5. The maximum absolute atomic E-state index is 13.3. The third-order valence-corrected chi connectivity index (χ3v) is 17.2. The fraction of sp³-hybridized carbons (Fsp3) is 0.817. The number of nitrogens with one attached hydrogen (secondary N) is 1. The van der Waals surface area contributed by atoms with Crippen LogP contribution in [-0.2, 0) is 33.2 Å². The monoisotopic (exact) mass is 1280 g/mol. The van der Waals surface area contributed by atoms with Crippen LogP contribution in [0.2, 0.25) is 0 Å². The normalized spacial score (nSPS) is 28.5. The van der Waals surface area contributed by atoms with Crippen LogP contribution in [-0.4, -0.2) is 193 Å². The van der Waals surface area contributed by atoms with Crippen LogP contribution in [0.4, 0.5) is 0 Å². The Bertz CT molecular complexity index is 1920. The molecule has 19 heteroatoms. The van der Waals surface area contributed by atoms with Gasteiger partial charge in [-0.05, 0) is 64.2 Å². The van der Waals surface area contributed by atoms with Gasteiger partial charge in [-0.25, -0.2) is 0 Å². The molecule has 0 aromatic heterocycles. The van der Waals surface area contributed by atoms with Gasteiger partial charge in [0.25, 0.3) is 0 Å². The summed E-state index contributed by atoms with van der Waals surface area (Å²) in [5, 5.41) is 120.